The molecular formula is C14H24N2. The van der Waals surface area contributed by atoms with Crippen LogP contribution < -0.4 is 0 Å². The van der Waals surface area contributed by atoms with E-state index in [4.69, 9.17) is 0 Å². The van der Waals surface area contributed by atoms with Crippen LogP contribution >= 0.6 is 0 Å². The first-order valence-electron chi connectivity index (χ1n) is 6.09. The third-order valence-corrected chi connectivity index (χ3v) is 2.20. The van der Waals surface area contributed by atoms with E-state index in [1.807, 2.05) is 26.2 Å². The summed E-state index contributed by atoms with van der Waals surface area (Å²) in [5, 5.41) is 0. The zero-order chi connectivity index (χ0) is 12.2. The van der Waals surface area contributed by atoms with Crippen molar-refractivity contribution in [3.05, 3.63) is 42.2 Å². The number of pyridine rings is 1. The number of hydrogen-bond acceptors (Lipinski definition) is 2. The van der Waals surface area contributed by atoms with Gasteiger partial charge >= 0.3 is 0 Å². The molecule has 16 heavy (non-hydrogen) atoms. The second-order valence-corrected chi connectivity index (χ2v) is 3.25. The summed E-state index contributed by atoms with van der Waals surface area (Å²) in [4.78, 5) is 6.39. The maximum atomic E-state index is 4.01. The molecule has 2 heteroatoms. The summed E-state index contributed by atoms with van der Waals surface area (Å²) in [5.74, 6) is 0. The predicted octanol–water partition coefficient (Wildman–Crippen LogP) is 3.51. The first kappa shape index (κ1) is 14.8. The Hall–Kier alpha value is -1.15. The highest BCUT2D eigenvalue weighted by Crippen LogP contribution is 2.02. The lowest BCUT2D eigenvalue weighted by Crippen LogP contribution is -2.22. The summed E-state index contributed by atoms with van der Waals surface area (Å²) in [5.41, 5.74) is 1.33. The molecule has 0 spiro atoms. The normalized spacial score (nSPS) is 10.3. The van der Waals surface area contributed by atoms with E-state index in [-0.39, 0.29) is 0 Å². The lowest BCUT2D eigenvalue weighted by Gasteiger charge is -2.18. The van der Waals surface area contributed by atoms with Crippen LogP contribution in [0.5, 0.6) is 0 Å². The van der Waals surface area contributed by atoms with Gasteiger partial charge in [0.05, 0.1) is 0 Å². The van der Waals surface area contributed by atoms with Crippen LogP contribution in [0.15, 0.2) is 36.7 Å². The van der Waals surface area contributed by atoms with Crippen molar-refractivity contribution in [2.24, 2.45) is 0 Å². The number of nitrogens with zero attached hydrogens (tertiary/aromatic N) is 2. The average Bonchev–Trinajstić information content (AvgIpc) is 2.38. The molecule has 90 valence electrons. The summed E-state index contributed by atoms with van der Waals surface area (Å²) in [6, 6.07) is 4.14. The van der Waals surface area contributed by atoms with Gasteiger partial charge in [0, 0.05) is 25.5 Å². The van der Waals surface area contributed by atoms with E-state index in [0.717, 1.165) is 19.6 Å². The van der Waals surface area contributed by atoms with E-state index in [1.165, 1.54) is 5.56 Å². The molecule has 0 atom stereocenters. The van der Waals surface area contributed by atoms with Gasteiger partial charge in [-0.1, -0.05) is 32.9 Å². The number of allylic oxidation sites excluding steroid dienone is 1. The van der Waals surface area contributed by atoms with E-state index < -0.39 is 0 Å². The molecule has 0 bridgehead atoms. The smallest absolute Gasteiger partial charge is 0.0271 e. The molecule has 0 fully saturated rings. The van der Waals surface area contributed by atoms with Crippen molar-refractivity contribution in [3.8, 4) is 0 Å². The van der Waals surface area contributed by atoms with Crippen LogP contribution in [0.4, 0.5) is 0 Å². The molecule has 0 saturated carbocycles. The lowest BCUT2D eigenvalue weighted by molar-refractivity contribution is 0.311. The van der Waals surface area contributed by atoms with Crippen molar-refractivity contribution in [1.82, 2.24) is 9.88 Å². The average molecular weight is 220 g/mol. The van der Waals surface area contributed by atoms with Crippen molar-refractivity contribution >= 4 is 0 Å². The SMILES string of the molecule is C/C=C/CN(CC)Cc1ccncc1.CC. The van der Waals surface area contributed by atoms with Crippen molar-refractivity contribution < 1.29 is 0 Å². The minimum Gasteiger partial charge on any atom is -0.296 e. The molecule has 1 aromatic heterocycles. The quantitative estimate of drug-likeness (QED) is 0.706. The molecule has 1 rings (SSSR count). The minimum atomic E-state index is 1.00. The molecular weight excluding hydrogens is 196 g/mol. The Morgan fingerprint density at radius 2 is 1.88 bits per heavy atom. The number of rotatable bonds is 5. The van der Waals surface area contributed by atoms with E-state index >= 15 is 0 Å². The minimum absolute atomic E-state index is 1.00. The van der Waals surface area contributed by atoms with Crippen LogP contribution in [0.25, 0.3) is 0 Å². The lowest BCUT2D eigenvalue weighted by atomic mass is 10.2. The molecule has 0 aliphatic rings. The molecule has 0 aliphatic heterocycles. The van der Waals surface area contributed by atoms with E-state index in [9.17, 15) is 0 Å². The second kappa shape index (κ2) is 10.4. The largest absolute Gasteiger partial charge is 0.296 e. The zero-order valence-corrected chi connectivity index (χ0v) is 11.0. The molecule has 0 N–H and O–H groups in total. The van der Waals surface area contributed by atoms with Crippen LogP contribution in [0, 0.1) is 0 Å². The Bertz CT molecular complexity index is 267. The standard InChI is InChI=1S/C12H18N2.C2H6/c1-3-5-10-14(4-2)11-12-6-8-13-9-7-12;1-2/h3,5-9H,4,10-11H2,1-2H3;1-2H3/b5-3+;. The summed E-state index contributed by atoms with van der Waals surface area (Å²) >= 11 is 0. The summed E-state index contributed by atoms with van der Waals surface area (Å²) < 4.78 is 0. The zero-order valence-electron chi connectivity index (χ0n) is 11.0. The summed E-state index contributed by atoms with van der Waals surface area (Å²) in [6.07, 6.45) is 7.97. The summed E-state index contributed by atoms with van der Waals surface area (Å²) in [6.45, 7) is 11.3. The first-order chi connectivity index (χ1) is 7.86. The van der Waals surface area contributed by atoms with E-state index in [1.54, 1.807) is 0 Å². The summed E-state index contributed by atoms with van der Waals surface area (Å²) in [7, 11) is 0. The third kappa shape index (κ3) is 6.36. The second-order valence-electron chi connectivity index (χ2n) is 3.25. The van der Waals surface area contributed by atoms with Crippen molar-refractivity contribution in [2.75, 3.05) is 13.1 Å². The fraction of sp³-hybridized carbons (Fsp3) is 0.500. The van der Waals surface area contributed by atoms with Crippen molar-refractivity contribution in [2.45, 2.75) is 34.2 Å². The molecule has 0 unspecified atom stereocenters. The maximum Gasteiger partial charge on any atom is 0.0271 e. The van der Waals surface area contributed by atoms with Crippen LogP contribution in [0.2, 0.25) is 0 Å². The van der Waals surface area contributed by atoms with E-state index in [2.05, 4.69) is 48.0 Å². The van der Waals surface area contributed by atoms with Gasteiger partial charge in [-0.15, -0.1) is 0 Å². The number of hydrogen-bond donors (Lipinski definition) is 0. The van der Waals surface area contributed by atoms with Crippen LogP contribution in [0.1, 0.15) is 33.3 Å². The van der Waals surface area contributed by atoms with Crippen LogP contribution in [-0.2, 0) is 6.54 Å². The van der Waals surface area contributed by atoms with Gasteiger partial charge in [0.15, 0.2) is 0 Å². The molecule has 2 nitrogen and oxygen atoms in total. The van der Waals surface area contributed by atoms with Crippen molar-refractivity contribution in [3.63, 3.8) is 0 Å². The highest BCUT2D eigenvalue weighted by molar-refractivity contribution is 5.09. The molecule has 1 aromatic rings. The van der Waals surface area contributed by atoms with Gasteiger partial charge in [-0.3, -0.25) is 9.88 Å². The fourth-order valence-electron chi connectivity index (χ4n) is 1.31. The third-order valence-electron chi connectivity index (χ3n) is 2.20. The van der Waals surface area contributed by atoms with Crippen LogP contribution in [0.3, 0.4) is 0 Å². The van der Waals surface area contributed by atoms with Gasteiger partial charge in [0.2, 0.25) is 0 Å². The highest BCUT2D eigenvalue weighted by atomic mass is 15.1. The maximum absolute atomic E-state index is 4.01. The van der Waals surface area contributed by atoms with Gasteiger partial charge in [-0.25, -0.2) is 0 Å². The number of aromatic nitrogens is 1. The van der Waals surface area contributed by atoms with Gasteiger partial charge in [-0.2, -0.15) is 0 Å². The Labute approximate surface area is 100 Å². The van der Waals surface area contributed by atoms with Gasteiger partial charge < -0.3 is 0 Å². The Morgan fingerprint density at radius 3 is 2.38 bits per heavy atom. The monoisotopic (exact) mass is 220 g/mol. The number of likely N-dealkylation sites (N-methyl/N-ethyl adjacent to an activating group) is 1. The molecule has 0 saturated heterocycles. The van der Waals surface area contributed by atoms with Crippen molar-refractivity contribution in [1.29, 1.82) is 0 Å². The van der Waals surface area contributed by atoms with Gasteiger partial charge in [-0.05, 0) is 31.2 Å². The molecule has 0 amide bonds. The van der Waals surface area contributed by atoms with Gasteiger partial charge in [0.25, 0.3) is 0 Å². The first-order valence-corrected chi connectivity index (χ1v) is 6.09. The molecule has 1 heterocycles. The highest BCUT2D eigenvalue weighted by Gasteiger charge is 2.00. The molecule has 0 aromatic carbocycles. The van der Waals surface area contributed by atoms with E-state index in [0.29, 0.717) is 0 Å². The molecule has 0 radical (unpaired) electrons. The Kier molecular flexibility index (Phi) is 9.63. The van der Waals surface area contributed by atoms with Gasteiger partial charge in [0.1, 0.15) is 0 Å². The Morgan fingerprint density at radius 1 is 1.25 bits per heavy atom. The topological polar surface area (TPSA) is 16.1 Å². The Balaban J connectivity index is 0.00000106. The predicted molar refractivity (Wildman–Crippen MR) is 71.4 cm³/mol. The fourth-order valence-corrected chi connectivity index (χ4v) is 1.31. The molecule has 0 aliphatic carbocycles. The van der Waals surface area contributed by atoms with Crippen LogP contribution in [-0.4, -0.2) is 23.0 Å².